The Morgan fingerprint density at radius 1 is 0.294 bits per heavy atom. The molecule has 0 atom stereocenters. The van der Waals surface area contributed by atoms with Crippen LogP contribution < -0.4 is 53.1 Å². The van der Waals surface area contributed by atoms with E-state index in [0.29, 0.717) is 11.1 Å². The smallest absolute Gasteiger partial charge is 0.257 e. The zero-order chi connectivity index (χ0) is 46.7. The number of hydrogen-bond donors (Lipinski definition) is 4. The third-order valence-corrected chi connectivity index (χ3v) is 15.7. The predicted octanol–water partition coefficient (Wildman–Crippen LogP) is 9.00. The summed E-state index contributed by atoms with van der Waals surface area (Å²) in [5.41, 5.74) is 1.44. The lowest BCUT2D eigenvalue weighted by Gasteiger charge is -2.22. The average molecular weight is 925 g/mol. The Labute approximate surface area is 396 Å². The number of nitrogens with one attached hydrogen (secondary N) is 4. The largest absolute Gasteiger partial charge is 0.306 e. The van der Waals surface area contributed by atoms with Gasteiger partial charge in [-0.25, -0.2) is 9.97 Å². The standard InChI is InChI=1S/C56H42N6O4P2/c63-53(59-49-34-18-36-51(57-49)61-55(65)45-30-13-15-32-47(45)67(41-22-5-1-6-23-41)42-24-7-2-8-25-42)39-20-17-21-40(38-39)54(64)60-50-35-19-37-52(58-50)62-56(66)46-31-14-16-33-48(46)68(43-26-9-3-10-27-43)44-28-11-4-12-29-44/h1-38H,(H2,57,59,61,63,65)(H2,58,60,62,64,66). The van der Waals surface area contributed by atoms with Gasteiger partial charge in [0.15, 0.2) is 0 Å². The number of pyridine rings is 2. The van der Waals surface area contributed by atoms with Crippen LogP contribution in [0, 0.1) is 0 Å². The molecule has 0 spiro atoms. The Hall–Kier alpha value is -8.42. The molecule has 0 aliphatic carbocycles. The second-order valence-electron chi connectivity index (χ2n) is 15.3. The summed E-state index contributed by atoms with van der Waals surface area (Å²) in [4.78, 5) is 64.1. The van der Waals surface area contributed by atoms with Crippen molar-refractivity contribution in [3.05, 3.63) is 253 Å². The highest BCUT2D eigenvalue weighted by Gasteiger charge is 2.24. The fourth-order valence-electron chi connectivity index (χ4n) is 7.58. The first kappa shape index (κ1) is 44.8. The van der Waals surface area contributed by atoms with E-state index >= 15 is 0 Å². The summed E-state index contributed by atoms with van der Waals surface area (Å²) in [5.74, 6) is -0.786. The zero-order valence-electron chi connectivity index (χ0n) is 36.4. The van der Waals surface area contributed by atoms with Gasteiger partial charge in [0.05, 0.1) is 0 Å². The minimum absolute atomic E-state index is 0.203. The van der Waals surface area contributed by atoms with Crippen LogP contribution in [0.2, 0.25) is 0 Å². The van der Waals surface area contributed by atoms with Crippen molar-refractivity contribution in [2.75, 3.05) is 21.3 Å². The molecule has 9 aromatic rings. The molecule has 9 rings (SSSR count). The molecule has 7 aromatic carbocycles. The third kappa shape index (κ3) is 10.6. The maximum Gasteiger partial charge on any atom is 0.257 e. The van der Waals surface area contributed by atoms with Gasteiger partial charge in [0.2, 0.25) is 0 Å². The van der Waals surface area contributed by atoms with Gasteiger partial charge in [-0.05, 0) is 102 Å². The number of aromatic nitrogens is 2. The van der Waals surface area contributed by atoms with E-state index in [4.69, 9.17) is 0 Å². The summed E-state index contributed by atoms with van der Waals surface area (Å²) in [5, 5.41) is 17.7. The van der Waals surface area contributed by atoms with Gasteiger partial charge in [-0.3, -0.25) is 19.2 Å². The third-order valence-electron chi connectivity index (χ3n) is 10.7. The quantitative estimate of drug-likeness (QED) is 0.0803. The van der Waals surface area contributed by atoms with Crippen LogP contribution in [-0.2, 0) is 0 Å². The van der Waals surface area contributed by atoms with Crippen LogP contribution >= 0.6 is 15.8 Å². The van der Waals surface area contributed by atoms with Crippen molar-refractivity contribution in [2.24, 2.45) is 0 Å². The summed E-state index contributed by atoms with van der Waals surface area (Å²) < 4.78 is 0. The lowest BCUT2D eigenvalue weighted by molar-refractivity contribution is 0.101. The molecule has 330 valence electrons. The van der Waals surface area contributed by atoms with E-state index in [0.717, 1.165) is 31.8 Å². The summed E-state index contributed by atoms with van der Waals surface area (Å²) in [6, 6.07) is 71.9. The van der Waals surface area contributed by atoms with Gasteiger partial charge in [-0.2, -0.15) is 0 Å². The Kier molecular flexibility index (Phi) is 14.0. The highest BCUT2D eigenvalue weighted by Crippen LogP contribution is 2.35. The second kappa shape index (κ2) is 21.3. The summed E-state index contributed by atoms with van der Waals surface area (Å²) in [6.07, 6.45) is 0. The zero-order valence-corrected chi connectivity index (χ0v) is 38.2. The first-order valence-corrected chi connectivity index (χ1v) is 24.3. The van der Waals surface area contributed by atoms with Crippen LogP contribution in [0.3, 0.4) is 0 Å². The van der Waals surface area contributed by atoms with Crippen LogP contribution in [0.15, 0.2) is 231 Å². The van der Waals surface area contributed by atoms with Gasteiger partial charge in [0, 0.05) is 22.3 Å². The number of carbonyl (C=O) groups is 4. The van der Waals surface area contributed by atoms with Crippen LogP contribution in [0.4, 0.5) is 23.3 Å². The molecule has 4 N–H and O–H groups in total. The SMILES string of the molecule is O=C(Nc1cccc(NC(=O)c2ccccc2P(c2ccccc2)c2ccccc2)n1)c1cccc(C(=O)Nc2cccc(NC(=O)c3ccccc3P(c3ccccc3)c3ccccc3)n2)c1. The van der Waals surface area contributed by atoms with Crippen molar-refractivity contribution in [3.63, 3.8) is 0 Å². The number of nitrogens with zero attached hydrogens (tertiary/aromatic N) is 2. The molecular formula is C56H42N6O4P2. The molecule has 0 radical (unpaired) electrons. The molecule has 0 saturated heterocycles. The molecule has 0 fully saturated rings. The van der Waals surface area contributed by atoms with Gasteiger partial charge >= 0.3 is 0 Å². The van der Waals surface area contributed by atoms with E-state index in [-0.39, 0.29) is 46.2 Å². The molecule has 2 heterocycles. The van der Waals surface area contributed by atoms with Crippen molar-refractivity contribution in [1.82, 2.24) is 9.97 Å². The minimum Gasteiger partial charge on any atom is -0.306 e. The van der Waals surface area contributed by atoms with Crippen LogP contribution in [-0.4, -0.2) is 33.6 Å². The van der Waals surface area contributed by atoms with E-state index in [9.17, 15) is 19.2 Å². The minimum atomic E-state index is -1.05. The van der Waals surface area contributed by atoms with Gasteiger partial charge in [-0.15, -0.1) is 0 Å². The topological polar surface area (TPSA) is 142 Å². The maximum absolute atomic E-state index is 13.9. The Morgan fingerprint density at radius 2 is 0.574 bits per heavy atom. The highest BCUT2D eigenvalue weighted by atomic mass is 31.1. The Balaban J connectivity index is 0.861. The molecule has 2 aromatic heterocycles. The van der Waals surface area contributed by atoms with E-state index in [1.807, 2.05) is 109 Å². The number of rotatable bonds is 14. The van der Waals surface area contributed by atoms with Crippen molar-refractivity contribution in [1.29, 1.82) is 0 Å². The van der Waals surface area contributed by atoms with Crippen molar-refractivity contribution >= 4 is 94.6 Å². The Bertz CT molecular complexity index is 2940. The normalized spacial score (nSPS) is 10.9. The molecule has 0 aliphatic heterocycles. The highest BCUT2D eigenvalue weighted by molar-refractivity contribution is 7.80. The van der Waals surface area contributed by atoms with E-state index < -0.39 is 27.7 Å². The molecule has 10 nitrogen and oxygen atoms in total. The number of hydrogen-bond acceptors (Lipinski definition) is 6. The molecule has 4 amide bonds. The number of anilines is 4. The molecule has 68 heavy (non-hydrogen) atoms. The fourth-order valence-corrected chi connectivity index (χ4v) is 12.5. The number of carbonyl (C=O) groups excluding carboxylic acids is 4. The van der Waals surface area contributed by atoms with E-state index in [1.54, 1.807) is 66.7 Å². The van der Waals surface area contributed by atoms with Gasteiger partial charge in [0.25, 0.3) is 23.6 Å². The average Bonchev–Trinajstić information content (AvgIpc) is 3.38. The first-order chi connectivity index (χ1) is 33.4. The summed E-state index contributed by atoms with van der Waals surface area (Å²) in [6.45, 7) is 0. The van der Waals surface area contributed by atoms with Crippen LogP contribution in [0.1, 0.15) is 41.4 Å². The van der Waals surface area contributed by atoms with Crippen molar-refractivity contribution in [3.8, 4) is 0 Å². The maximum atomic E-state index is 13.9. The first-order valence-electron chi connectivity index (χ1n) is 21.7. The van der Waals surface area contributed by atoms with Crippen molar-refractivity contribution < 1.29 is 19.2 Å². The lowest BCUT2D eigenvalue weighted by atomic mass is 10.1. The van der Waals surface area contributed by atoms with E-state index in [2.05, 4.69) is 79.8 Å². The molecular weight excluding hydrogens is 883 g/mol. The molecule has 0 unspecified atom stereocenters. The molecule has 0 aliphatic rings. The Morgan fingerprint density at radius 3 is 0.912 bits per heavy atom. The second-order valence-corrected chi connectivity index (χ2v) is 19.6. The number of amides is 4. The summed E-state index contributed by atoms with van der Waals surface area (Å²) in [7, 11) is -2.11. The predicted molar refractivity (Wildman–Crippen MR) is 277 cm³/mol. The van der Waals surface area contributed by atoms with Gasteiger partial charge in [0.1, 0.15) is 23.3 Å². The molecule has 12 heteroatoms. The number of benzene rings is 7. The van der Waals surface area contributed by atoms with E-state index in [1.165, 1.54) is 6.07 Å². The van der Waals surface area contributed by atoms with Crippen LogP contribution in [0.5, 0.6) is 0 Å². The van der Waals surface area contributed by atoms with Gasteiger partial charge in [-0.1, -0.05) is 176 Å². The van der Waals surface area contributed by atoms with Gasteiger partial charge < -0.3 is 21.3 Å². The lowest BCUT2D eigenvalue weighted by Crippen LogP contribution is -2.27. The van der Waals surface area contributed by atoms with Crippen molar-refractivity contribution in [2.45, 2.75) is 0 Å². The monoisotopic (exact) mass is 924 g/mol. The van der Waals surface area contributed by atoms with Crippen LogP contribution in [0.25, 0.3) is 0 Å². The molecule has 0 bridgehead atoms. The molecule has 0 saturated carbocycles. The fraction of sp³-hybridized carbons (Fsp3) is 0. The summed E-state index contributed by atoms with van der Waals surface area (Å²) >= 11 is 0.